The van der Waals surface area contributed by atoms with Crippen LogP contribution in [0.15, 0.2) is 11.1 Å². The van der Waals surface area contributed by atoms with Crippen LogP contribution in [0.25, 0.3) is 0 Å². The van der Waals surface area contributed by atoms with Gasteiger partial charge in [0.05, 0.1) is 5.41 Å². The van der Waals surface area contributed by atoms with Crippen molar-refractivity contribution in [2.75, 3.05) is 0 Å². The van der Waals surface area contributed by atoms with Crippen molar-refractivity contribution < 1.29 is 9.90 Å². The Labute approximate surface area is 99.9 Å². The van der Waals surface area contributed by atoms with Crippen molar-refractivity contribution in [3.8, 4) is 0 Å². The molecule has 1 aromatic rings. The van der Waals surface area contributed by atoms with E-state index >= 15 is 0 Å². The van der Waals surface area contributed by atoms with Crippen LogP contribution in [-0.4, -0.2) is 25.4 Å². The van der Waals surface area contributed by atoms with E-state index in [4.69, 9.17) is 5.11 Å². The van der Waals surface area contributed by atoms with Crippen LogP contribution < -0.4 is 5.69 Å². The average molecular weight is 241 g/mol. The second-order valence-electron chi connectivity index (χ2n) is 4.89. The largest absolute Gasteiger partial charge is 0.481 e. The molecule has 0 saturated heterocycles. The highest BCUT2D eigenvalue weighted by Gasteiger charge is 2.25. The fourth-order valence-electron chi connectivity index (χ4n) is 1.51. The maximum absolute atomic E-state index is 11.4. The number of carbonyl (C=O) groups is 1. The molecule has 0 radical (unpaired) electrons. The van der Waals surface area contributed by atoms with Crippen LogP contribution >= 0.6 is 0 Å². The first-order valence-corrected chi connectivity index (χ1v) is 5.66. The van der Waals surface area contributed by atoms with Gasteiger partial charge in [0.15, 0.2) is 0 Å². The zero-order chi connectivity index (χ0) is 13.1. The van der Waals surface area contributed by atoms with Gasteiger partial charge in [-0.3, -0.25) is 9.36 Å². The molecule has 0 aliphatic carbocycles. The molecule has 0 bridgehead atoms. The lowest BCUT2D eigenvalue weighted by Crippen LogP contribution is -2.25. The maximum Gasteiger partial charge on any atom is 0.345 e. The third-order valence-corrected chi connectivity index (χ3v) is 2.89. The first-order valence-electron chi connectivity index (χ1n) is 5.66. The summed E-state index contributed by atoms with van der Waals surface area (Å²) in [6.07, 6.45) is 3.60. The second kappa shape index (κ2) is 5.16. The summed E-state index contributed by atoms with van der Waals surface area (Å²) in [5.74, 6) is -0.785. The lowest BCUT2D eigenvalue weighted by molar-refractivity contribution is -0.147. The highest BCUT2D eigenvalue weighted by atomic mass is 16.4. The first kappa shape index (κ1) is 13.5. The summed E-state index contributed by atoms with van der Waals surface area (Å²) in [5, 5.41) is 12.9. The molecule has 0 atom stereocenters. The molecule has 0 fully saturated rings. The van der Waals surface area contributed by atoms with E-state index in [1.807, 2.05) is 0 Å². The number of aliphatic carboxylic acids is 1. The molecule has 0 unspecified atom stereocenters. The molecule has 0 saturated carbocycles. The third kappa shape index (κ3) is 3.44. The molecule has 0 aliphatic rings. The molecule has 0 amide bonds. The van der Waals surface area contributed by atoms with Crippen molar-refractivity contribution in [2.24, 2.45) is 12.5 Å². The van der Waals surface area contributed by atoms with Gasteiger partial charge in [-0.05, 0) is 26.7 Å². The predicted molar refractivity (Wildman–Crippen MR) is 62.7 cm³/mol. The monoisotopic (exact) mass is 241 g/mol. The summed E-state index contributed by atoms with van der Waals surface area (Å²) in [5.41, 5.74) is -0.836. The Morgan fingerprint density at radius 1 is 1.47 bits per heavy atom. The molecule has 0 spiro atoms. The van der Waals surface area contributed by atoms with Gasteiger partial charge in [-0.15, -0.1) is 0 Å². The molecular weight excluding hydrogens is 222 g/mol. The van der Waals surface area contributed by atoms with E-state index in [2.05, 4.69) is 5.10 Å². The van der Waals surface area contributed by atoms with E-state index in [1.165, 1.54) is 15.6 Å². The summed E-state index contributed by atoms with van der Waals surface area (Å²) in [7, 11) is 1.65. The van der Waals surface area contributed by atoms with E-state index in [0.717, 1.165) is 12.8 Å². The number of aryl methyl sites for hydroxylation is 2. The first-order chi connectivity index (χ1) is 7.84. The Morgan fingerprint density at radius 2 is 2.12 bits per heavy atom. The molecule has 1 heterocycles. The van der Waals surface area contributed by atoms with E-state index in [-0.39, 0.29) is 5.69 Å². The van der Waals surface area contributed by atoms with Crippen molar-refractivity contribution in [2.45, 2.75) is 39.7 Å². The Balaban J connectivity index is 2.37. The third-order valence-electron chi connectivity index (χ3n) is 2.89. The number of rotatable bonds is 6. The molecule has 1 N–H and O–H groups in total. The summed E-state index contributed by atoms with van der Waals surface area (Å²) in [6, 6.07) is 0. The van der Waals surface area contributed by atoms with Gasteiger partial charge in [-0.25, -0.2) is 9.48 Å². The quantitative estimate of drug-likeness (QED) is 0.749. The zero-order valence-corrected chi connectivity index (χ0v) is 10.5. The molecular formula is C11H19N3O3. The molecule has 1 rings (SSSR count). The van der Waals surface area contributed by atoms with Crippen LogP contribution in [-0.2, 0) is 18.4 Å². The number of aromatic nitrogens is 3. The fraction of sp³-hybridized carbons (Fsp3) is 0.727. The van der Waals surface area contributed by atoms with E-state index in [9.17, 15) is 9.59 Å². The van der Waals surface area contributed by atoms with Gasteiger partial charge in [0.1, 0.15) is 6.33 Å². The predicted octanol–water partition coefficient (Wildman–Crippen LogP) is 0.863. The van der Waals surface area contributed by atoms with Crippen molar-refractivity contribution in [1.29, 1.82) is 0 Å². The Morgan fingerprint density at radius 3 is 2.59 bits per heavy atom. The van der Waals surface area contributed by atoms with Crippen LogP contribution in [0, 0.1) is 5.41 Å². The van der Waals surface area contributed by atoms with Gasteiger partial charge in [0.2, 0.25) is 0 Å². The van der Waals surface area contributed by atoms with E-state index < -0.39 is 11.4 Å². The minimum absolute atomic E-state index is 0.137. The molecule has 0 aliphatic heterocycles. The summed E-state index contributed by atoms with van der Waals surface area (Å²) in [4.78, 5) is 22.3. The molecule has 6 heteroatoms. The minimum atomic E-state index is -0.785. The normalized spacial score (nSPS) is 11.7. The molecule has 6 nitrogen and oxygen atoms in total. The van der Waals surface area contributed by atoms with E-state index in [0.29, 0.717) is 13.0 Å². The molecule has 1 aromatic heterocycles. The highest BCUT2D eigenvalue weighted by Crippen LogP contribution is 2.23. The Kier molecular flexibility index (Phi) is 4.09. The number of nitrogens with zero attached hydrogens (tertiary/aromatic N) is 3. The topological polar surface area (TPSA) is 77.1 Å². The maximum atomic E-state index is 11.4. The number of unbranched alkanes of at least 4 members (excludes halogenated alkanes) is 1. The van der Waals surface area contributed by atoms with Crippen LogP contribution in [0.5, 0.6) is 0 Å². The summed E-state index contributed by atoms with van der Waals surface area (Å²) < 4.78 is 2.81. The van der Waals surface area contributed by atoms with Crippen molar-refractivity contribution in [3.05, 3.63) is 16.8 Å². The fourth-order valence-corrected chi connectivity index (χ4v) is 1.51. The summed E-state index contributed by atoms with van der Waals surface area (Å²) >= 11 is 0. The number of carboxylic acid groups (broad SMARTS) is 1. The van der Waals surface area contributed by atoms with Crippen molar-refractivity contribution in [3.63, 3.8) is 0 Å². The number of hydrogen-bond donors (Lipinski definition) is 1. The van der Waals surface area contributed by atoms with Gasteiger partial charge >= 0.3 is 11.7 Å². The SMILES string of the molecule is Cn1cnn(CCCCC(C)(C)C(=O)O)c1=O. The van der Waals surface area contributed by atoms with Crippen molar-refractivity contribution >= 4 is 5.97 Å². The standard InChI is InChI=1S/C11H19N3O3/c1-11(2,9(15)16)6-4-5-7-14-10(17)13(3)8-12-14/h8H,4-7H2,1-3H3,(H,15,16). The van der Waals surface area contributed by atoms with Gasteiger partial charge in [-0.2, -0.15) is 5.10 Å². The molecule has 0 aromatic carbocycles. The van der Waals surface area contributed by atoms with Crippen LogP contribution in [0.4, 0.5) is 0 Å². The average Bonchev–Trinajstić information content (AvgIpc) is 2.55. The van der Waals surface area contributed by atoms with Crippen LogP contribution in [0.1, 0.15) is 33.1 Å². The van der Waals surface area contributed by atoms with Gasteiger partial charge < -0.3 is 5.11 Å². The number of carboxylic acids is 1. The summed E-state index contributed by atoms with van der Waals surface area (Å²) in [6.45, 7) is 3.96. The van der Waals surface area contributed by atoms with Crippen LogP contribution in [0.2, 0.25) is 0 Å². The lowest BCUT2D eigenvalue weighted by atomic mass is 9.87. The zero-order valence-electron chi connectivity index (χ0n) is 10.5. The van der Waals surface area contributed by atoms with Crippen molar-refractivity contribution in [1.82, 2.24) is 14.3 Å². The smallest absolute Gasteiger partial charge is 0.345 e. The molecule has 17 heavy (non-hydrogen) atoms. The Bertz CT molecular complexity index is 445. The highest BCUT2D eigenvalue weighted by molar-refractivity contribution is 5.73. The minimum Gasteiger partial charge on any atom is -0.481 e. The Hall–Kier alpha value is -1.59. The molecule has 96 valence electrons. The van der Waals surface area contributed by atoms with Gasteiger partial charge in [0, 0.05) is 13.6 Å². The van der Waals surface area contributed by atoms with Gasteiger partial charge in [-0.1, -0.05) is 6.42 Å². The number of hydrogen-bond acceptors (Lipinski definition) is 3. The lowest BCUT2D eigenvalue weighted by Gasteiger charge is -2.18. The van der Waals surface area contributed by atoms with Gasteiger partial charge in [0.25, 0.3) is 0 Å². The second-order valence-corrected chi connectivity index (χ2v) is 4.89. The van der Waals surface area contributed by atoms with Crippen LogP contribution in [0.3, 0.4) is 0 Å². The van der Waals surface area contributed by atoms with E-state index in [1.54, 1.807) is 20.9 Å².